The van der Waals surface area contributed by atoms with E-state index in [1.807, 2.05) is 36.5 Å². The van der Waals surface area contributed by atoms with Gasteiger partial charge in [-0.2, -0.15) is 0 Å². The Bertz CT molecular complexity index is 710. The maximum absolute atomic E-state index is 9.94. The largest absolute Gasteiger partial charge is 0.340 e. The summed E-state index contributed by atoms with van der Waals surface area (Å²) in [6.45, 7) is 0. The first-order chi connectivity index (χ1) is 8.31. The normalized spacial score (nSPS) is 10.9. The first-order valence-electron chi connectivity index (χ1n) is 5.33. The van der Waals surface area contributed by atoms with E-state index in [0.29, 0.717) is 0 Å². The maximum atomic E-state index is 9.94. The lowest BCUT2D eigenvalue weighted by Crippen LogP contribution is -2.43. The number of nitrogens with zero attached hydrogens (tertiary/aromatic N) is 2. The van der Waals surface area contributed by atoms with Crippen molar-refractivity contribution >= 4 is 21.8 Å². The zero-order valence-corrected chi connectivity index (χ0v) is 9.37. The summed E-state index contributed by atoms with van der Waals surface area (Å²) in [5.74, 6) is 0. The van der Waals surface area contributed by atoms with Gasteiger partial charge < -0.3 is 0 Å². The third-order valence-corrected chi connectivity index (χ3v) is 2.86. The van der Waals surface area contributed by atoms with Crippen molar-refractivity contribution in [2.75, 3.05) is 7.11 Å². The second-order valence-electron chi connectivity index (χ2n) is 3.81. The van der Waals surface area contributed by atoms with E-state index in [2.05, 4.69) is 0 Å². The van der Waals surface area contributed by atoms with Crippen molar-refractivity contribution in [3.63, 3.8) is 0 Å². The van der Waals surface area contributed by atoms with Crippen molar-refractivity contribution in [3.8, 4) is 0 Å². The highest BCUT2D eigenvalue weighted by molar-refractivity contribution is 5.98. The first kappa shape index (κ1) is 9.84. The maximum Gasteiger partial charge on any atom is 0.340 e. The van der Waals surface area contributed by atoms with Crippen LogP contribution in [0.3, 0.4) is 0 Å². The quantitative estimate of drug-likeness (QED) is 0.381. The van der Waals surface area contributed by atoms with Gasteiger partial charge in [0.05, 0.1) is 10.8 Å². The molecule has 0 fully saturated rings. The molecule has 0 radical (unpaired) electrons. The highest BCUT2D eigenvalue weighted by atomic mass is 16.6. The van der Waals surface area contributed by atoms with Crippen molar-refractivity contribution in [1.82, 2.24) is 0 Å². The number of hydrogen-bond donors (Lipinski definition) is 1. The molecule has 0 saturated heterocycles. The van der Waals surface area contributed by atoms with Crippen LogP contribution in [0.15, 0.2) is 48.8 Å². The van der Waals surface area contributed by atoms with Gasteiger partial charge in [0.2, 0.25) is 12.4 Å². The van der Waals surface area contributed by atoms with Crippen molar-refractivity contribution in [1.29, 1.82) is 0 Å². The zero-order valence-electron chi connectivity index (χ0n) is 9.37. The average molecular weight is 228 g/mol. The Morgan fingerprint density at radius 2 is 1.59 bits per heavy atom. The molecule has 0 aliphatic carbocycles. The van der Waals surface area contributed by atoms with E-state index < -0.39 is 0 Å². The molecule has 0 bridgehead atoms. The van der Waals surface area contributed by atoms with Gasteiger partial charge in [-0.15, -0.1) is 0 Å². The molecular formula is C13H12N2O2+2. The minimum Gasteiger partial charge on any atom is -0.284 e. The molecule has 0 aliphatic heterocycles. The Hall–Kier alpha value is -2.36. The van der Waals surface area contributed by atoms with E-state index in [9.17, 15) is 5.21 Å². The summed E-state index contributed by atoms with van der Waals surface area (Å²) < 4.78 is 2.76. The highest BCUT2D eigenvalue weighted by Gasteiger charge is 2.22. The monoisotopic (exact) mass is 228 g/mol. The summed E-state index contributed by atoms with van der Waals surface area (Å²) in [5.41, 5.74) is 1.57. The number of hydrogen-bond acceptors (Lipinski definition) is 2. The molecule has 0 atom stereocenters. The van der Waals surface area contributed by atoms with E-state index >= 15 is 0 Å². The molecule has 17 heavy (non-hydrogen) atoms. The van der Waals surface area contributed by atoms with Gasteiger partial charge in [0, 0.05) is 21.6 Å². The van der Waals surface area contributed by atoms with Gasteiger partial charge in [0.15, 0.2) is 0 Å². The smallest absolute Gasteiger partial charge is 0.284 e. The van der Waals surface area contributed by atoms with Crippen LogP contribution in [-0.4, -0.2) is 12.3 Å². The Labute approximate surface area is 97.8 Å². The average Bonchev–Trinajstić information content (AvgIpc) is 2.38. The van der Waals surface area contributed by atoms with Crippen molar-refractivity contribution < 1.29 is 19.5 Å². The standard InChI is InChI=1S/C13H12N2O2/c1-17-15-9-3-5-11-7-6-10-4-2-8-14(16)12(10)13(11)15/h2-9,16H,1H3/q+2. The summed E-state index contributed by atoms with van der Waals surface area (Å²) in [4.78, 5) is 5.28. The lowest BCUT2D eigenvalue weighted by molar-refractivity contribution is -0.892. The van der Waals surface area contributed by atoms with Crippen LogP contribution >= 0.6 is 0 Å². The predicted octanol–water partition coefficient (Wildman–Crippen LogP) is 0.864. The number of pyridine rings is 2. The van der Waals surface area contributed by atoms with Gasteiger partial charge in [-0.25, -0.2) is 0 Å². The predicted molar refractivity (Wildman–Crippen MR) is 61.5 cm³/mol. The Morgan fingerprint density at radius 1 is 0.941 bits per heavy atom. The van der Waals surface area contributed by atoms with E-state index in [1.54, 1.807) is 24.1 Å². The molecule has 4 nitrogen and oxygen atoms in total. The second kappa shape index (κ2) is 3.59. The Kier molecular flexibility index (Phi) is 2.08. The molecule has 3 rings (SSSR count). The molecule has 0 amide bonds. The van der Waals surface area contributed by atoms with E-state index in [0.717, 1.165) is 26.5 Å². The van der Waals surface area contributed by atoms with Gasteiger partial charge in [-0.1, -0.05) is 0 Å². The molecule has 84 valence electrons. The molecule has 0 spiro atoms. The molecule has 0 aliphatic rings. The van der Waals surface area contributed by atoms with Crippen molar-refractivity contribution in [2.24, 2.45) is 0 Å². The summed E-state index contributed by atoms with van der Waals surface area (Å²) in [6.07, 6.45) is 3.42. The Morgan fingerprint density at radius 3 is 2.29 bits per heavy atom. The second-order valence-corrected chi connectivity index (χ2v) is 3.81. The van der Waals surface area contributed by atoms with Crippen LogP contribution in [0.2, 0.25) is 0 Å². The SMILES string of the molecule is CO[n+]1cccc2ccc3ccc[n+](O)c3c21. The van der Waals surface area contributed by atoms with Crippen LogP contribution in [0.5, 0.6) is 0 Å². The van der Waals surface area contributed by atoms with Crippen LogP contribution in [0, 0.1) is 0 Å². The fourth-order valence-corrected chi connectivity index (χ4v) is 2.11. The summed E-state index contributed by atoms with van der Waals surface area (Å²) >= 11 is 0. The summed E-state index contributed by atoms with van der Waals surface area (Å²) in [5, 5.41) is 11.9. The number of benzene rings is 1. The van der Waals surface area contributed by atoms with Crippen LogP contribution in [-0.2, 0) is 0 Å². The number of fused-ring (bicyclic) bond motifs is 3. The van der Waals surface area contributed by atoms with Gasteiger partial charge in [-0.3, -0.25) is 10.0 Å². The molecule has 1 aromatic carbocycles. The lowest BCUT2D eigenvalue weighted by Gasteiger charge is -1.98. The van der Waals surface area contributed by atoms with Gasteiger partial charge in [-0.05, 0) is 24.3 Å². The topological polar surface area (TPSA) is 37.2 Å². The molecule has 1 N–H and O–H groups in total. The fourth-order valence-electron chi connectivity index (χ4n) is 2.11. The lowest BCUT2D eigenvalue weighted by atomic mass is 10.1. The number of rotatable bonds is 1. The minimum absolute atomic E-state index is 0.729. The molecule has 0 saturated carbocycles. The van der Waals surface area contributed by atoms with Gasteiger partial charge in [0.1, 0.15) is 7.11 Å². The Balaban J connectivity index is 2.61. The minimum atomic E-state index is 0.729. The third kappa shape index (κ3) is 1.38. The molecule has 4 heteroatoms. The first-order valence-corrected chi connectivity index (χ1v) is 5.33. The van der Waals surface area contributed by atoms with E-state index in [-0.39, 0.29) is 0 Å². The highest BCUT2D eigenvalue weighted by Crippen LogP contribution is 2.18. The van der Waals surface area contributed by atoms with Crippen LogP contribution in [0.25, 0.3) is 21.8 Å². The zero-order chi connectivity index (χ0) is 11.8. The number of aromatic nitrogens is 2. The van der Waals surface area contributed by atoms with Crippen molar-refractivity contribution in [2.45, 2.75) is 0 Å². The molecule has 0 unspecified atom stereocenters. The summed E-state index contributed by atoms with van der Waals surface area (Å²) in [7, 11) is 1.60. The molecule has 3 aromatic rings. The van der Waals surface area contributed by atoms with Gasteiger partial charge >= 0.3 is 11.0 Å². The third-order valence-electron chi connectivity index (χ3n) is 2.86. The molecular weight excluding hydrogens is 216 g/mol. The van der Waals surface area contributed by atoms with Crippen molar-refractivity contribution in [3.05, 3.63) is 48.8 Å². The fraction of sp³-hybridized carbons (Fsp3) is 0.0769. The van der Waals surface area contributed by atoms with E-state index in [1.165, 1.54) is 0 Å². The van der Waals surface area contributed by atoms with Crippen LogP contribution in [0.1, 0.15) is 0 Å². The molecule has 2 aromatic heterocycles. The summed E-state index contributed by atoms with van der Waals surface area (Å²) in [6, 6.07) is 11.6. The molecule has 2 heterocycles. The van der Waals surface area contributed by atoms with Crippen LogP contribution < -0.4 is 14.3 Å². The van der Waals surface area contributed by atoms with Gasteiger partial charge in [0.25, 0.3) is 0 Å². The van der Waals surface area contributed by atoms with E-state index in [4.69, 9.17) is 4.84 Å². The van der Waals surface area contributed by atoms with Crippen LogP contribution in [0.4, 0.5) is 0 Å².